The van der Waals surface area contributed by atoms with E-state index in [2.05, 4.69) is 4.74 Å². The zero-order valence-electron chi connectivity index (χ0n) is 16.7. The maximum Gasteiger partial charge on any atom is 0.385 e. The molecule has 0 saturated carbocycles. The van der Waals surface area contributed by atoms with Gasteiger partial charge in [0.05, 0.1) is 5.92 Å². The zero-order valence-corrected chi connectivity index (χ0v) is 16.7. The molecule has 0 aliphatic carbocycles. The third kappa shape index (κ3) is 4.69. The molecular weight excluding hydrogens is 554 g/mol. The Bertz CT molecular complexity index is 759. The lowest BCUT2D eigenvalue weighted by Gasteiger charge is -2.43. The van der Waals surface area contributed by atoms with Gasteiger partial charge in [-0.05, 0) is 6.42 Å². The molecule has 0 bridgehead atoms. The normalized spacial score (nSPS) is 16.5. The molecule has 0 rings (SSSR count). The van der Waals surface area contributed by atoms with Crippen LogP contribution in [0.1, 0.15) is 20.3 Å². The summed E-state index contributed by atoms with van der Waals surface area (Å²) < 4.78 is 241. The first-order valence-electron chi connectivity index (χ1n) is 8.53. The van der Waals surface area contributed by atoms with Crippen molar-refractivity contribution in [3.05, 3.63) is 0 Å². The van der Waals surface area contributed by atoms with E-state index < -0.39 is 72.3 Å². The van der Waals surface area contributed by atoms with E-state index >= 15 is 0 Å². The molecule has 0 heterocycles. The molecule has 210 valence electrons. The van der Waals surface area contributed by atoms with Crippen LogP contribution in [0.3, 0.4) is 0 Å². The molecule has 0 aliphatic heterocycles. The van der Waals surface area contributed by atoms with Crippen LogP contribution in [0.2, 0.25) is 0 Å². The monoisotopic (exact) mass is 566 g/mol. The molecule has 0 aromatic carbocycles. The van der Waals surface area contributed by atoms with E-state index in [-0.39, 0.29) is 6.42 Å². The highest BCUT2D eigenvalue weighted by molar-refractivity contribution is 5.71. The number of carbonyl (C=O) groups excluding carboxylic acids is 1. The zero-order chi connectivity index (χ0) is 28.9. The molecular formula is C15H12F18O2. The highest BCUT2D eigenvalue weighted by atomic mass is 19.4. The van der Waals surface area contributed by atoms with E-state index in [4.69, 9.17) is 0 Å². The maximum atomic E-state index is 13.6. The Kier molecular flexibility index (Phi) is 8.79. The lowest BCUT2D eigenvalue weighted by molar-refractivity contribution is -0.458. The summed E-state index contributed by atoms with van der Waals surface area (Å²) in [6.07, 6.45) is -6.27. The minimum absolute atomic E-state index is 0.256. The molecule has 0 radical (unpaired) electrons. The van der Waals surface area contributed by atoms with Gasteiger partial charge in [-0.1, -0.05) is 13.8 Å². The second-order valence-electron chi connectivity index (χ2n) is 6.99. The van der Waals surface area contributed by atoms with Crippen molar-refractivity contribution in [1.82, 2.24) is 0 Å². The number of hydrogen-bond acceptors (Lipinski definition) is 2. The van der Waals surface area contributed by atoms with E-state index in [1.54, 1.807) is 0 Å². The van der Waals surface area contributed by atoms with Crippen molar-refractivity contribution in [2.45, 2.75) is 74.1 Å². The fourth-order valence-corrected chi connectivity index (χ4v) is 1.93. The van der Waals surface area contributed by atoms with Crippen LogP contribution < -0.4 is 0 Å². The Balaban J connectivity index is 6.57. The third-order valence-corrected chi connectivity index (χ3v) is 4.53. The molecule has 0 aromatic heterocycles. The lowest BCUT2D eigenvalue weighted by Crippen LogP contribution is -2.75. The maximum absolute atomic E-state index is 13.6. The van der Waals surface area contributed by atoms with Crippen LogP contribution >= 0.6 is 0 Å². The minimum Gasteiger partial charge on any atom is -0.459 e. The van der Waals surface area contributed by atoms with Crippen LogP contribution in [0.4, 0.5) is 79.0 Å². The molecule has 20 heteroatoms. The topological polar surface area (TPSA) is 26.3 Å². The number of ether oxygens (including phenoxy) is 1. The van der Waals surface area contributed by atoms with Gasteiger partial charge in [-0.15, -0.1) is 0 Å². The van der Waals surface area contributed by atoms with Gasteiger partial charge in [0, 0.05) is 0 Å². The third-order valence-electron chi connectivity index (χ3n) is 4.53. The summed E-state index contributed by atoms with van der Waals surface area (Å²) >= 11 is 0. The number of carbonyl (C=O) groups is 1. The van der Waals surface area contributed by atoms with Crippen molar-refractivity contribution < 1.29 is 88.6 Å². The summed E-state index contributed by atoms with van der Waals surface area (Å²) in [7, 11) is 0. The molecule has 0 aromatic rings. The van der Waals surface area contributed by atoms with Gasteiger partial charge in [0.2, 0.25) is 0 Å². The first-order valence-corrected chi connectivity index (χ1v) is 8.53. The fourth-order valence-electron chi connectivity index (χ4n) is 1.93. The quantitative estimate of drug-likeness (QED) is 0.189. The molecule has 2 nitrogen and oxygen atoms in total. The number of hydrogen-bond donors (Lipinski definition) is 0. The van der Waals surface area contributed by atoms with Crippen molar-refractivity contribution in [2.75, 3.05) is 6.61 Å². The minimum atomic E-state index is -8.79. The highest BCUT2D eigenvalue weighted by Gasteiger charge is 2.95. The molecule has 1 atom stereocenters. The summed E-state index contributed by atoms with van der Waals surface area (Å²) in [6.45, 7) is -1.20. The average Bonchev–Trinajstić information content (AvgIpc) is 2.69. The number of esters is 1. The Morgan fingerprint density at radius 2 is 0.943 bits per heavy atom. The summed E-state index contributed by atoms with van der Waals surface area (Å²) in [6, 6.07) is 0. The van der Waals surface area contributed by atoms with Crippen LogP contribution in [0.25, 0.3) is 0 Å². The Morgan fingerprint density at radius 1 is 0.629 bits per heavy atom. The van der Waals surface area contributed by atoms with Gasteiger partial charge in [-0.2, -0.15) is 70.2 Å². The van der Waals surface area contributed by atoms with Crippen LogP contribution in [0.15, 0.2) is 0 Å². The molecule has 0 aliphatic rings. The smallest absolute Gasteiger partial charge is 0.385 e. The molecule has 0 saturated heterocycles. The Labute approximate surface area is 182 Å². The van der Waals surface area contributed by atoms with E-state index in [0.717, 1.165) is 6.92 Å². The van der Waals surface area contributed by atoms with E-state index in [0.29, 0.717) is 0 Å². The first kappa shape index (κ1) is 33.2. The SMILES string of the molecule is CCC(C)C(=O)OCC(F)(F)C(F)(F)C(F)(F)C(F)(F)C(F)(F)C(F)(F)C(F)(F)C(F)(F)C(F)F. The van der Waals surface area contributed by atoms with Crippen molar-refractivity contribution >= 4 is 5.97 Å². The predicted octanol–water partition coefficient (Wildman–Crippen LogP) is 6.92. The second kappa shape index (κ2) is 9.26. The second-order valence-corrected chi connectivity index (χ2v) is 6.99. The molecule has 0 amide bonds. The predicted molar refractivity (Wildman–Crippen MR) is 76.0 cm³/mol. The van der Waals surface area contributed by atoms with Crippen LogP contribution in [-0.2, 0) is 9.53 Å². The van der Waals surface area contributed by atoms with Crippen molar-refractivity contribution in [3.63, 3.8) is 0 Å². The van der Waals surface area contributed by atoms with Crippen LogP contribution in [0.5, 0.6) is 0 Å². The summed E-state index contributed by atoms with van der Waals surface area (Å²) in [5.74, 6) is -68.6. The number of rotatable bonds is 12. The first-order chi connectivity index (χ1) is 15.1. The Hall–Kier alpha value is -1.79. The van der Waals surface area contributed by atoms with Gasteiger partial charge < -0.3 is 4.74 Å². The number of halogens is 18. The summed E-state index contributed by atoms with van der Waals surface area (Å²) in [5.41, 5.74) is 0. The van der Waals surface area contributed by atoms with Gasteiger partial charge in [0.1, 0.15) is 0 Å². The lowest BCUT2D eigenvalue weighted by atomic mass is 9.87. The molecule has 0 N–H and O–H groups in total. The van der Waals surface area contributed by atoms with Crippen molar-refractivity contribution in [3.8, 4) is 0 Å². The van der Waals surface area contributed by atoms with Gasteiger partial charge >= 0.3 is 59.8 Å². The molecule has 35 heavy (non-hydrogen) atoms. The van der Waals surface area contributed by atoms with Crippen LogP contribution in [-0.4, -0.2) is 66.4 Å². The van der Waals surface area contributed by atoms with E-state index in [1.165, 1.54) is 6.92 Å². The summed E-state index contributed by atoms with van der Waals surface area (Å²) in [5, 5.41) is 0. The van der Waals surface area contributed by atoms with E-state index in [1.807, 2.05) is 0 Å². The Morgan fingerprint density at radius 3 is 1.26 bits per heavy atom. The van der Waals surface area contributed by atoms with Gasteiger partial charge in [0.25, 0.3) is 0 Å². The van der Waals surface area contributed by atoms with E-state index in [9.17, 15) is 83.8 Å². The molecule has 1 unspecified atom stereocenters. The van der Waals surface area contributed by atoms with Crippen LogP contribution in [0, 0.1) is 5.92 Å². The fraction of sp³-hybridized carbons (Fsp3) is 0.933. The summed E-state index contributed by atoms with van der Waals surface area (Å²) in [4.78, 5) is 11.2. The van der Waals surface area contributed by atoms with Gasteiger partial charge in [-0.25, -0.2) is 8.78 Å². The van der Waals surface area contributed by atoms with Gasteiger partial charge in [0.15, 0.2) is 6.61 Å². The van der Waals surface area contributed by atoms with Crippen molar-refractivity contribution in [1.29, 1.82) is 0 Å². The average molecular weight is 566 g/mol. The standard InChI is InChI=1S/C15H12F18O2/c1-3-5(2)6(34)35-4-8(18,19)10(22,23)12(26,27)14(30,31)15(32,33)13(28,29)11(24,25)9(20,21)7(16)17/h5,7H,3-4H2,1-2H3. The molecule has 0 spiro atoms. The molecule has 0 fully saturated rings. The van der Waals surface area contributed by atoms with Gasteiger partial charge in [-0.3, -0.25) is 4.79 Å². The highest BCUT2D eigenvalue weighted by Crippen LogP contribution is 2.64. The number of alkyl halides is 18. The largest absolute Gasteiger partial charge is 0.459 e. The van der Waals surface area contributed by atoms with Crippen molar-refractivity contribution in [2.24, 2.45) is 5.92 Å².